The Bertz CT molecular complexity index is 192. The monoisotopic (exact) mass is 199 g/mol. The van der Waals surface area contributed by atoms with Gasteiger partial charge >= 0.3 is 0 Å². The Hall–Kier alpha value is -0.570. The Balaban J connectivity index is 2.29. The van der Waals surface area contributed by atoms with Crippen LogP contribution in [0.25, 0.3) is 0 Å². The zero-order valence-corrected chi connectivity index (χ0v) is 9.20. The van der Waals surface area contributed by atoms with Gasteiger partial charge in [-0.2, -0.15) is 0 Å². The molecule has 0 bridgehead atoms. The highest BCUT2D eigenvalue weighted by Gasteiger charge is 2.25. The number of nitrogens with zero attached hydrogens (tertiary/aromatic N) is 1. The van der Waals surface area contributed by atoms with Crippen LogP contribution in [0.15, 0.2) is 0 Å². The lowest BCUT2D eigenvalue weighted by Gasteiger charge is -2.16. The van der Waals surface area contributed by atoms with Crippen LogP contribution < -0.4 is 0 Å². The molecule has 0 aromatic carbocycles. The lowest BCUT2D eigenvalue weighted by atomic mass is 9.97. The molecule has 1 saturated heterocycles. The van der Waals surface area contributed by atoms with Crippen molar-refractivity contribution in [2.24, 2.45) is 11.8 Å². The number of aliphatic hydroxyl groups excluding tert-OH is 1. The normalized spacial score (nSPS) is 22.0. The van der Waals surface area contributed by atoms with Gasteiger partial charge in [-0.05, 0) is 24.7 Å². The van der Waals surface area contributed by atoms with E-state index in [2.05, 4.69) is 13.8 Å². The molecule has 3 nitrogen and oxygen atoms in total. The summed E-state index contributed by atoms with van der Waals surface area (Å²) in [6.07, 6.45) is 2.63. The van der Waals surface area contributed by atoms with E-state index in [0.717, 1.165) is 19.5 Å². The number of aliphatic hydroxyl groups is 1. The van der Waals surface area contributed by atoms with Crippen LogP contribution in [0.1, 0.15) is 33.1 Å². The van der Waals surface area contributed by atoms with E-state index in [1.807, 2.05) is 4.90 Å². The van der Waals surface area contributed by atoms with Gasteiger partial charge in [0.15, 0.2) is 0 Å². The van der Waals surface area contributed by atoms with Crippen molar-refractivity contribution < 1.29 is 9.90 Å². The maximum atomic E-state index is 11.4. The molecule has 1 atom stereocenters. The van der Waals surface area contributed by atoms with Crippen molar-refractivity contribution in [2.75, 3.05) is 19.7 Å². The minimum absolute atomic E-state index is 0.0236. The number of hydrogen-bond acceptors (Lipinski definition) is 2. The standard InChI is InChI=1S/C11H21NO2/c1-9(2)7-10-3-5-12(8-10)11(14)4-6-13/h9-10,13H,3-8H2,1-2H3. The molecule has 0 saturated carbocycles. The van der Waals surface area contributed by atoms with Crippen molar-refractivity contribution in [2.45, 2.75) is 33.1 Å². The molecule has 3 heteroatoms. The van der Waals surface area contributed by atoms with Gasteiger partial charge in [0.25, 0.3) is 0 Å². The number of carbonyl (C=O) groups excluding carboxylic acids is 1. The van der Waals surface area contributed by atoms with Gasteiger partial charge in [-0.1, -0.05) is 13.8 Å². The summed E-state index contributed by atoms with van der Waals surface area (Å²) in [4.78, 5) is 13.3. The van der Waals surface area contributed by atoms with E-state index < -0.39 is 0 Å². The predicted octanol–water partition coefficient (Wildman–Crippen LogP) is 1.26. The van der Waals surface area contributed by atoms with Crippen LogP contribution in [-0.4, -0.2) is 35.6 Å². The third-order valence-corrected chi connectivity index (χ3v) is 2.77. The van der Waals surface area contributed by atoms with E-state index in [9.17, 15) is 4.79 Å². The van der Waals surface area contributed by atoms with Crippen LogP contribution >= 0.6 is 0 Å². The number of hydrogen-bond donors (Lipinski definition) is 1. The summed E-state index contributed by atoms with van der Waals surface area (Å²) in [5, 5.41) is 8.66. The molecule has 0 aromatic heterocycles. The van der Waals surface area contributed by atoms with Crippen molar-refractivity contribution in [3.8, 4) is 0 Å². The Labute approximate surface area is 86.1 Å². The van der Waals surface area contributed by atoms with Gasteiger partial charge in [0.1, 0.15) is 0 Å². The van der Waals surface area contributed by atoms with Crippen LogP contribution in [0.4, 0.5) is 0 Å². The van der Waals surface area contributed by atoms with Gasteiger partial charge in [-0.3, -0.25) is 4.79 Å². The highest BCUT2D eigenvalue weighted by molar-refractivity contribution is 5.76. The highest BCUT2D eigenvalue weighted by atomic mass is 16.3. The van der Waals surface area contributed by atoms with E-state index in [0.29, 0.717) is 11.8 Å². The van der Waals surface area contributed by atoms with E-state index in [4.69, 9.17) is 5.11 Å². The fourth-order valence-corrected chi connectivity index (χ4v) is 2.17. The third-order valence-electron chi connectivity index (χ3n) is 2.77. The van der Waals surface area contributed by atoms with Crippen LogP contribution in [0.2, 0.25) is 0 Å². The van der Waals surface area contributed by atoms with Crippen LogP contribution in [0, 0.1) is 11.8 Å². The number of amides is 1. The minimum atomic E-state index is -0.0236. The van der Waals surface area contributed by atoms with E-state index in [1.165, 1.54) is 6.42 Å². The minimum Gasteiger partial charge on any atom is -0.396 e. The topological polar surface area (TPSA) is 40.5 Å². The van der Waals surface area contributed by atoms with Gasteiger partial charge in [-0.15, -0.1) is 0 Å². The zero-order chi connectivity index (χ0) is 10.6. The number of carbonyl (C=O) groups is 1. The molecule has 1 heterocycles. The van der Waals surface area contributed by atoms with Crippen molar-refractivity contribution in [3.63, 3.8) is 0 Å². The maximum absolute atomic E-state index is 11.4. The first kappa shape index (κ1) is 11.5. The molecule has 14 heavy (non-hydrogen) atoms. The zero-order valence-electron chi connectivity index (χ0n) is 9.20. The summed E-state index contributed by atoms with van der Waals surface area (Å²) in [6, 6.07) is 0. The molecule has 1 N–H and O–H groups in total. The Kier molecular flexibility index (Phi) is 4.39. The maximum Gasteiger partial charge on any atom is 0.224 e. The second kappa shape index (κ2) is 5.35. The van der Waals surface area contributed by atoms with Gasteiger partial charge in [0.05, 0.1) is 6.61 Å². The second-order valence-corrected chi connectivity index (χ2v) is 4.60. The summed E-state index contributed by atoms with van der Waals surface area (Å²) < 4.78 is 0. The SMILES string of the molecule is CC(C)CC1CCN(C(=O)CCO)C1. The molecule has 1 unspecified atom stereocenters. The molecule has 0 aromatic rings. The van der Waals surface area contributed by atoms with Gasteiger partial charge in [0.2, 0.25) is 5.91 Å². The summed E-state index contributed by atoms with van der Waals surface area (Å²) >= 11 is 0. The fraction of sp³-hybridized carbons (Fsp3) is 0.909. The van der Waals surface area contributed by atoms with E-state index in [1.54, 1.807) is 0 Å². The molecule has 0 spiro atoms. The molecule has 1 amide bonds. The molecule has 1 rings (SSSR count). The third kappa shape index (κ3) is 3.29. The average Bonchev–Trinajstić information content (AvgIpc) is 2.52. The fourth-order valence-electron chi connectivity index (χ4n) is 2.17. The Morgan fingerprint density at radius 2 is 2.29 bits per heavy atom. The summed E-state index contributed by atoms with van der Waals surface area (Å²) in [7, 11) is 0. The van der Waals surface area contributed by atoms with Crippen LogP contribution in [0.5, 0.6) is 0 Å². The van der Waals surface area contributed by atoms with Crippen molar-refractivity contribution in [3.05, 3.63) is 0 Å². The highest BCUT2D eigenvalue weighted by Crippen LogP contribution is 2.23. The van der Waals surface area contributed by atoms with Crippen molar-refractivity contribution >= 4 is 5.91 Å². The predicted molar refractivity (Wildman–Crippen MR) is 55.8 cm³/mol. The number of rotatable bonds is 4. The summed E-state index contributed by atoms with van der Waals surface area (Å²) in [5.41, 5.74) is 0. The number of likely N-dealkylation sites (tertiary alicyclic amines) is 1. The molecule has 0 radical (unpaired) electrons. The summed E-state index contributed by atoms with van der Waals surface area (Å²) in [5.74, 6) is 1.50. The Morgan fingerprint density at radius 1 is 1.57 bits per heavy atom. The first-order chi connectivity index (χ1) is 6.63. The van der Waals surface area contributed by atoms with Crippen LogP contribution in [0.3, 0.4) is 0 Å². The van der Waals surface area contributed by atoms with Crippen molar-refractivity contribution in [1.82, 2.24) is 4.90 Å². The molecule has 82 valence electrons. The lowest BCUT2D eigenvalue weighted by molar-refractivity contribution is -0.130. The van der Waals surface area contributed by atoms with Gasteiger partial charge in [-0.25, -0.2) is 0 Å². The molecule has 1 aliphatic heterocycles. The average molecular weight is 199 g/mol. The van der Waals surface area contributed by atoms with Gasteiger partial charge < -0.3 is 10.0 Å². The molecular formula is C11H21NO2. The van der Waals surface area contributed by atoms with Crippen LogP contribution in [-0.2, 0) is 4.79 Å². The summed E-state index contributed by atoms with van der Waals surface area (Å²) in [6.45, 7) is 6.20. The Morgan fingerprint density at radius 3 is 2.86 bits per heavy atom. The van der Waals surface area contributed by atoms with E-state index >= 15 is 0 Å². The lowest BCUT2D eigenvalue weighted by Crippen LogP contribution is -2.29. The smallest absolute Gasteiger partial charge is 0.224 e. The van der Waals surface area contributed by atoms with E-state index in [-0.39, 0.29) is 18.9 Å². The first-order valence-electron chi connectivity index (χ1n) is 5.52. The molecular weight excluding hydrogens is 178 g/mol. The molecule has 1 aliphatic rings. The van der Waals surface area contributed by atoms with Gasteiger partial charge in [0, 0.05) is 19.5 Å². The second-order valence-electron chi connectivity index (χ2n) is 4.60. The molecule has 1 fully saturated rings. The molecule has 0 aliphatic carbocycles. The quantitative estimate of drug-likeness (QED) is 0.740. The van der Waals surface area contributed by atoms with Crippen molar-refractivity contribution in [1.29, 1.82) is 0 Å². The first-order valence-corrected chi connectivity index (χ1v) is 5.52. The largest absolute Gasteiger partial charge is 0.396 e.